The second-order valence-corrected chi connectivity index (χ2v) is 9.16. The first-order valence-electron chi connectivity index (χ1n) is 7.62. The predicted molar refractivity (Wildman–Crippen MR) is 88.9 cm³/mol. The van der Waals surface area contributed by atoms with Crippen LogP contribution in [0.15, 0.2) is 0 Å². The van der Waals surface area contributed by atoms with E-state index >= 15 is 0 Å². The normalized spacial score (nSPS) is 19.2. The Balaban J connectivity index is 2.26. The van der Waals surface area contributed by atoms with Crippen molar-refractivity contribution in [1.82, 2.24) is 0 Å². The highest BCUT2D eigenvalue weighted by Gasteiger charge is 2.33. The zero-order chi connectivity index (χ0) is 16.0. The van der Waals surface area contributed by atoms with Crippen LogP contribution in [0.5, 0.6) is 0 Å². The van der Waals surface area contributed by atoms with Gasteiger partial charge in [-0.1, -0.05) is 20.8 Å². The monoisotopic (exact) mass is 309 g/mol. The number of thiophene rings is 1. The standard InChI is InChI=1S/C17H27NO2S/c1-16(2,3)10-7-8-11-12(9-10)21-14(13(11)18)15(19)20-17(4,5)6/h10H,7-9,18H2,1-6H3. The van der Waals surface area contributed by atoms with E-state index in [9.17, 15) is 4.79 Å². The van der Waals surface area contributed by atoms with Gasteiger partial charge in [0.05, 0.1) is 5.69 Å². The van der Waals surface area contributed by atoms with Crippen LogP contribution in [0.1, 0.15) is 68.1 Å². The number of nitrogens with two attached hydrogens (primary N) is 1. The lowest BCUT2D eigenvalue weighted by molar-refractivity contribution is 0.00763. The second kappa shape index (κ2) is 5.31. The first-order valence-corrected chi connectivity index (χ1v) is 8.44. The highest BCUT2D eigenvalue weighted by molar-refractivity contribution is 7.14. The fraction of sp³-hybridized carbons (Fsp3) is 0.706. The summed E-state index contributed by atoms with van der Waals surface area (Å²) < 4.78 is 5.47. The number of hydrogen-bond acceptors (Lipinski definition) is 4. The summed E-state index contributed by atoms with van der Waals surface area (Å²) in [7, 11) is 0. The van der Waals surface area contributed by atoms with Crippen molar-refractivity contribution in [3.63, 3.8) is 0 Å². The van der Waals surface area contributed by atoms with Crippen LogP contribution in [0, 0.1) is 11.3 Å². The first-order chi connectivity index (χ1) is 9.49. The van der Waals surface area contributed by atoms with Crippen LogP contribution in [0.25, 0.3) is 0 Å². The average Bonchev–Trinajstić information content (AvgIpc) is 2.63. The number of carbonyl (C=O) groups excluding carboxylic acids is 1. The molecule has 0 aromatic carbocycles. The Labute approximate surface area is 131 Å². The number of rotatable bonds is 1. The van der Waals surface area contributed by atoms with E-state index in [0.29, 0.717) is 21.9 Å². The molecular formula is C17H27NO2S. The lowest BCUT2D eigenvalue weighted by Gasteiger charge is -2.33. The maximum absolute atomic E-state index is 12.3. The maximum Gasteiger partial charge on any atom is 0.350 e. The molecule has 1 unspecified atom stereocenters. The Hall–Kier alpha value is -1.03. The van der Waals surface area contributed by atoms with Crippen LogP contribution in [0.3, 0.4) is 0 Å². The minimum Gasteiger partial charge on any atom is -0.456 e. The minimum atomic E-state index is -0.484. The lowest BCUT2D eigenvalue weighted by Crippen LogP contribution is -2.26. The van der Waals surface area contributed by atoms with Crippen molar-refractivity contribution in [3.8, 4) is 0 Å². The Morgan fingerprint density at radius 2 is 1.86 bits per heavy atom. The van der Waals surface area contributed by atoms with Gasteiger partial charge >= 0.3 is 5.97 Å². The quantitative estimate of drug-likeness (QED) is 0.780. The molecule has 3 nitrogen and oxygen atoms in total. The second-order valence-electron chi connectivity index (χ2n) is 8.05. The van der Waals surface area contributed by atoms with Gasteiger partial charge in [-0.15, -0.1) is 11.3 Å². The molecule has 2 rings (SSSR count). The smallest absolute Gasteiger partial charge is 0.350 e. The molecule has 0 aliphatic heterocycles. The molecular weight excluding hydrogens is 282 g/mol. The molecule has 1 atom stereocenters. The number of anilines is 1. The third kappa shape index (κ3) is 3.60. The molecule has 1 aliphatic carbocycles. The number of ether oxygens (including phenoxy) is 1. The lowest BCUT2D eigenvalue weighted by atomic mass is 9.72. The topological polar surface area (TPSA) is 52.3 Å². The highest BCUT2D eigenvalue weighted by atomic mass is 32.1. The summed E-state index contributed by atoms with van der Waals surface area (Å²) in [5, 5.41) is 0. The molecule has 0 saturated carbocycles. The fourth-order valence-electron chi connectivity index (χ4n) is 2.83. The number of carbonyl (C=O) groups is 1. The van der Waals surface area contributed by atoms with Crippen LogP contribution in [-0.4, -0.2) is 11.6 Å². The number of hydrogen-bond donors (Lipinski definition) is 1. The van der Waals surface area contributed by atoms with Gasteiger partial charge in [-0.3, -0.25) is 0 Å². The molecule has 4 heteroatoms. The highest BCUT2D eigenvalue weighted by Crippen LogP contribution is 2.43. The molecule has 0 radical (unpaired) electrons. The van der Waals surface area contributed by atoms with E-state index < -0.39 is 5.60 Å². The van der Waals surface area contributed by atoms with Crippen LogP contribution in [0.2, 0.25) is 0 Å². The molecule has 118 valence electrons. The molecule has 0 spiro atoms. The summed E-state index contributed by atoms with van der Waals surface area (Å²) in [6, 6.07) is 0. The Morgan fingerprint density at radius 1 is 1.24 bits per heavy atom. The van der Waals surface area contributed by atoms with Crippen molar-refractivity contribution < 1.29 is 9.53 Å². The third-order valence-corrected chi connectivity index (χ3v) is 5.37. The largest absolute Gasteiger partial charge is 0.456 e. The number of nitrogen functional groups attached to an aromatic ring is 1. The summed E-state index contributed by atoms with van der Waals surface area (Å²) in [5.74, 6) is 0.362. The van der Waals surface area contributed by atoms with E-state index in [4.69, 9.17) is 10.5 Å². The minimum absolute atomic E-state index is 0.285. The Bertz CT molecular complexity index is 546. The average molecular weight is 309 g/mol. The maximum atomic E-state index is 12.3. The zero-order valence-corrected chi connectivity index (χ0v) is 14.8. The molecule has 0 saturated heterocycles. The molecule has 0 amide bonds. The van der Waals surface area contributed by atoms with Crippen molar-refractivity contribution in [3.05, 3.63) is 15.3 Å². The van der Waals surface area contributed by atoms with Gasteiger partial charge in [0.1, 0.15) is 10.5 Å². The zero-order valence-electron chi connectivity index (χ0n) is 14.0. The van der Waals surface area contributed by atoms with Gasteiger partial charge in [0, 0.05) is 4.88 Å². The van der Waals surface area contributed by atoms with Gasteiger partial charge in [0.25, 0.3) is 0 Å². The molecule has 0 fully saturated rings. The van der Waals surface area contributed by atoms with Gasteiger partial charge in [0.2, 0.25) is 0 Å². The summed E-state index contributed by atoms with van der Waals surface area (Å²) in [6.45, 7) is 12.5. The van der Waals surface area contributed by atoms with Gasteiger partial charge < -0.3 is 10.5 Å². The Morgan fingerprint density at radius 3 is 2.38 bits per heavy atom. The van der Waals surface area contributed by atoms with Crippen molar-refractivity contribution in [2.75, 3.05) is 5.73 Å². The van der Waals surface area contributed by atoms with Crippen molar-refractivity contribution in [2.45, 2.75) is 66.4 Å². The van der Waals surface area contributed by atoms with E-state index in [2.05, 4.69) is 20.8 Å². The van der Waals surface area contributed by atoms with Crippen molar-refractivity contribution >= 4 is 23.0 Å². The van der Waals surface area contributed by atoms with Gasteiger partial charge in [-0.05, 0) is 56.9 Å². The van der Waals surface area contributed by atoms with Gasteiger partial charge in [0.15, 0.2) is 0 Å². The molecule has 1 aromatic heterocycles. The van der Waals surface area contributed by atoms with Crippen LogP contribution in [-0.2, 0) is 17.6 Å². The number of fused-ring (bicyclic) bond motifs is 1. The van der Waals surface area contributed by atoms with E-state index in [1.54, 1.807) is 0 Å². The molecule has 2 N–H and O–H groups in total. The summed E-state index contributed by atoms with van der Waals surface area (Å²) in [6.07, 6.45) is 3.14. The predicted octanol–water partition coefficient (Wildman–Crippen LogP) is 4.44. The third-order valence-electron chi connectivity index (χ3n) is 4.12. The fourth-order valence-corrected chi connectivity index (χ4v) is 4.05. The Kier molecular flexibility index (Phi) is 4.13. The molecule has 0 bridgehead atoms. The van der Waals surface area contributed by atoms with Crippen LogP contribution < -0.4 is 5.73 Å². The van der Waals surface area contributed by atoms with E-state index in [-0.39, 0.29) is 5.97 Å². The molecule has 1 aromatic rings. The van der Waals surface area contributed by atoms with E-state index in [1.807, 2.05) is 20.8 Å². The SMILES string of the molecule is CC(C)(C)OC(=O)c1sc2c(c1N)CCC(C(C)(C)C)C2. The van der Waals surface area contributed by atoms with E-state index in [0.717, 1.165) is 19.3 Å². The van der Waals surface area contributed by atoms with Gasteiger partial charge in [-0.25, -0.2) is 4.79 Å². The molecule has 21 heavy (non-hydrogen) atoms. The summed E-state index contributed by atoms with van der Waals surface area (Å²) >= 11 is 1.53. The molecule has 1 aliphatic rings. The van der Waals surface area contributed by atoms with Crippen molar-refractivity contribution in [1.29, 1.82) is 0 Å². The van der Waals surface area contributed by atoms with E-state index in [1.165, 1.54) is 21.8 Å². The van der Waals surface area contributed by atoms with Crippen LogP contribution in [0.4, 0.5) is 5.69 Å². The summed E-state index contributed by atoms with van der Waals surface area (Å²) in [4.78, 5) is 14.2. The summed E-state index contributed by atoms with van der Waals surface area (Å²) in [5.41, 5.74) is 7.85. The molecule has 1 heterocycles. The van der Waals surface area contributed by atoms with Crippen LogP contribution >= 0.6 is 11.3 Å². The van der Waals surface area contributed by atoms with Gasteiger partial charge in [-0.2, -0.15) is 0 Å². The first kappa shape index (κ1) is 16.3. The number of esters is 1. The van der Waals surface area contributed by atoms with Crippen molar-refractivity contribution in [2.24, 2.45) is 11.3 Å².